The van der Waals surface area contributed by atoms with Gasteiger partial charge in [-0.25, -0.2) is 0 Å². The Kier molecular flexibility index (Phi) is 2.54. The van der Waals surface area contributed by atoms with Crippen LogP contribution in [-0.4, -0.2) is 14.7 Å². The lowest BCUT2D eigenvalue weighted by molar-refractivity contribution is 0.628. The summed E-state index contributed by atoms with van der Waals surface area (Å²) in [7, 11) is 0.0197. The van der Waals surface area contributed by atoms with Crippen molar-refractivity contribution in [1.82, 2.24) is 0 Å². The van der Waals surface area contributed by atoms with E-state index in [1.54, 1.807) is 0 Å². The lowest BCUT2D eigenvalue weighted by Gasteiger charge is -2.18. The minimum atomic E-state index is 0.0197. The molecular weight excluding hydrogens is 102 g/mol. The van der Waals surface area contributed by atoms with Crippen LogP contribution in [0.5, 0.6) is 0 Å². The lowest BCUT2D eigenvalue weighted by Crippen LogP contribution is -2.40. The van der Waals surface area contributed by atoms with Crippen LogP contribution in [-0.2, 0) is 0 Å². The standard InChI is InChI=1S/C5H15NSi/c1-4-5(2,6)7-3/h4,6-7H2,1-3H3. The van der Waals surface area contributed by atoms with Crippen molar-refractivity contribution >= 4 is 9.52 Å². The van der Waals surface area contributed by atoms with Crippen LogP contribution in [0.3, 0.4) is 0 Å². The zero-order valence-corrected chi connectivity index (χ0v) is 6.91. The highest BCUT2D eigenvalue weighted by molar-refractivity contribution is 6.38. The third-order valence-corrected chi connectivity index (χ3v) is 3.73. The van der Waals surface area contributed by atoms with Crippen molar-refractivity contribution in [3.63, 3.8) is 0 Å². The van der Waals surface area contributed by atoms with Crippen LogP contribution >= 0.6 is 0 Å². The highest BCUT2D eigenvalue weighted by atomic mass is 28.2. The predicted octanol–water partition coefficient (Wildman–Crippen LogP) is 0.288. The van der Waals surface area contributed by atoms with Crippen LogP contribution in [0.2, 0.25) is 6.55 Å². The molecule has 0 bridgehead atoms. The molecule has 0 radical (unpaired) electrons. The van der Waals surface area contributed by atoms with Crippen molar-refractivity contribution in [3.8, 4) is 0 Å². The minimum absolute atomic E-state index is 0.0197. The lowest BCUT2D eigenvalue weighted by atomic mass is 10.3. The third-order valence-electron chi connectivity index (χ3n) is 1.62. The Balaban J connectivity index is 3.36. The van der Waals surface area contributed by atoms with E-state index in [2.05, 4.69) is 20.4 Å². The second-order valence-corrected chi connectivity index (χ2v) is 4.68. The molecule has 2 heteroatoms. The number of rotatable bonds is 2. The molecule has 0 aliphatic heterocycles. The maximum absolute atomic E-state index is 5.78. The third kappa shape index (κ3) is 2.82. The average molecular weight is 117 g/mol. The van der Waals surface area contributed by atoms with Crippen molar-refractivity contribution in [3.05, 3.63) is 0 Å². The monoisotopic (exact) mass is 117 g/mol. The summed E-state index contributed by atoms with van der Waals surface area (Å²) in [6, 6.07) is 0. The first kappa shape index (κ1) is 7.18. The molecule has 1 unspecified atom stereocenters. The van der Waals surface area contributed by atoms with Gasteiger partial charge in [-0.2, -0.15) is 0 Å². The summed E-state index contributed by atoms with van der Waals surface area (Å²) >= 11 is 0. The highest BCUT2D eigenvalue weighted by Crippen LogP contribution is 1.99. The fraction of sp³-hybridized carbons (Fsp3) is 1.00. The molecule has 0 aromatic heterocycles. The van der Waals surface area contributed by atoms with Crippen molar-refractivity contribution < 1.29 is 0 Å². The number of nitrogens with two attached hydrogens (primary N) is 1. The molecular formula is C5H15NSi. The summed E-state index contributed by atoms with van der Waals surface area (Å²) in [5.74, 6) is 0. The van der Waals surface area contributed by atoms with Gasteiger partial charge in [0.05, 0.1) is 0 Å². The second-order valence-electron chi connectivity index (χ2n) is 2.36. The van der Waals surface area contributed by atoms with Gasteiger partial charge in [0.1, 0.15) is 0 Å². The smallest absolute Gasteiger partial charge is 0.0407 e. The van der Waals surface area contributed by atoms with Crippen LogP contribution in [0.4, 0.5) is 0 Å². The van der Waals surface area contributed by atoms with E-state index in [1.807, 2.05) is 0 Å². The van der Waals surface area contributed by atoms with Gasteiger partial charge in [0.25, 0.3) is 0 Å². The van der Waals surface area contributed by atoms with Gasteiger partial charge >= 0.3 is 0 Å². The highest BCUT2D eigenvalue weighted by Gasteiger charge is 2.10. The maximum atomic E-state index is 5.78. The van der Waals surface area contributed by atoms with Gasteiger partial charge in [-0.3, -0.25) is 0 Å². The van der Waals surface area contributed by atoms with Gasteiger partial charge in [-0.05, 0) is 11.6 Å². The van der Waals surface area contributed by atoms with Crippen molar-refractivity contribution in [2.24, 2.45) is 5.73 Å². The summed E-state index contributed by atoms with van der Waals surface area (Å²) in [6.45, 7) is 6.54. The Morgan fingerprint density at radius 3 is 2.14 bits per heavy atom. The molecule has 44 valence electrons. The summed E-state index contributed by atoms with van der Waals surface area (Å²) in [4.78, 5) is 0. The molecule has 1 nitrogen and oxygen atoms in total. The van der Waals surface area contributed by atoms with Gasteiger partial charge in [-0.15, -0.1) is 0 Å². The van der Waals surface area contributed by atoms with Crippen molar-refractivity contribution in [2.45, 2.75) is 32.0 Å². The fourth-order valence-corrected chi connectivity index (χ4v) is 0.750. The Morgan fingerprint density at radius 1 is 1.71 bits per heavy atom. The van der Waals surface area contributed by atoms with E-state index in [9.17, 15) is 0 Å². The molecule has 0 spiro atoms. The van der Waals surface area contributed by atoms with E-state index in [1.165, 1.54) is 0 Å². The van der Waals surface area contributed by atoms with Crippen LogP contribution in [0, 0.1) is 0 Å². The first-order chi connectivity index (χ1) is 3.12. The van der Waals surface area contributed by atoms with E-state index in [0.29, 0.717) is 0 Å². The number of hydrogen-bond donors (Lipinski definition) is 1. The van der Waals surface area contributed by atoms with Crippen molar-refractivity contribution in [2.75, 3.05) is 0 Å². The van der Waals surface area contributed by atoms with E-state index in [-0.39, 0.29) is 14.7 Å². The molecule has 0 aliphatic carbocycles. The molecule has 1 atom stereocenters. The number of hydrogen-bond acceptors (Lipinski definition) is 1. The molecule has 0 rings (SSSR count). The average Bonchev–Trinajstić information content (AvgIpc) is 1.68. The Hall–Kier alpha value is 0.177. The maximum Gasteiger partial charge on any atom is 0.0407 e. The van der Waals surface area contributed by atoms with Gasteiger partial charge in [0.15, 0.2) is 0 Å². The molecule has 0 aromatic carbocycles. The van der Waals surface area contributed by atoms with Gasteiger partial charge in [-0.1, -0.05) is 20.4 Å². The summed E-state index contributed by atoms with van der Waals surface area (Å²) in [5.41, 5.74) is 5.78. The molecule has 0 aromatic rings. The molecule has 7 heavy (non-hydrogen) atoms. The summed E-state index contributed by atoms with van der Waals surface area (Å²) in [6.07, 6.45) is 1.13. The van der Waals surface area contributed by atoms with Crippen molar-refractivity contribution in [1.29, 1.82) is 0 Å². The minimum Gasteiger partial charge on any atom is -0.329 e. The predicted molar refractivity (Wildman–Crippen MR) is 37.3 cm³/mol. The van der Waals surface area contributed by atoms with Crippen LogP contribution < -0.4 is 5.73 Å². The van der Waals surface area contributed by atoms with E-state index < -0.39 is 0 Å². The molecule has 0 aliphatic rings. The van der Waals surface area contributed by atoms with E-state index in [4.69, 9.17) is 5.73 Å². The first-order valence-electron chi connectivity index (χ1n) is 2.91. The molecule has 0 amide bonds. The Labute approximate surface area is 48.1 Å². The van der Waals surface area contributed by atoms with Gasteiger partial charge in [0.2, 0.25) is 0 Å². The Bertz CT molecular complexity index is 46.0. The molecule has 0 saturated carbocycles. The van der Waals surface area contributed by atoms with Crippen LogP contribution in [0.25, 0.3) is 0 Å². The quantitative estimate of drug-likeness (QED) is 0.517. The normalized spacial score (nSPS) is 20.6. The van der Waals surface area contributed by atoms with Crippen LogP contribution in [0.15, 0.2) is 0 Å². The van der Waals surface area contributed by atoms with Gasteiger partial charge < -0.3 is 5.73 Å². The molecule has 0 saturated heterocycles. The van der Waals surface area contributed by atoms with E-state index in [0.717, 1.165) is 6.42 Å². The SMILES string of the molecule is CCC(C)(N)[SiH2]C. The van der Waals surface area contributed by atoms with Crippen LogP contribution in [0.1, 0.15) is 20.3 Å². The molecule has 0 heterocycles. The van der Waals surface area contributed by atoms with E-state index >= 15 is 0 Å². The zero-order valence-electron chi connectivity index (χ0n) is 5.49. The zero-order chi connectivity index (χ0) is 5.91. The molecule has 0 fully saturated rings. The summed E-state index contributed by atoms with van der Waals surface area (Å²) < 4.78 is 0. The molecule has 2 N–H and O–H groups in total. The largest absolute Gasteiger partial charge is 0.329 e. The fourth-order valence-electron chi connectivity index (χ4n) is 0.250. The topological polar surface area (TPSA) is 26.0 Å². The summed E-state index contributed by atoms with van der Waals surface area (Å²) in [5, 5.41) is 0.222. The second kappa shape index (κ2) is 2.48. The first-order valence-corrected chi connectivity index (χ1v) is 5.03. The van der Waals surface area contributed by atoms with Gasteiger partial charge in [0, 0.05) is 9.52 Å². The Morgan fingerprint density at radius 2 is 2.14 bits per heavy atom.